The molecular weight excluding hydrogens is 488 g/mol. The number of nitrogens with zero attached hydrogens (tertiary/aromatic N) is 3. The van der Waals surface area contributed by atoms with Crippen LogP contribution in [0.15, 0.2) is 151 Å². The molecule has 1 aliphatic rings. The van der Waals surface area contributed by atoms with Crippen LogP contribution in [0.25, 0.3) is 33.6 Å². The van der Waals surface area contributed by atoms with Crippen LogP contribution in [-0.4, -0.2) is 15.8 Å². The number of nitrogens with one attached hydrogen (secondary N) is 1. The average Bonchev–Trinajstić information content (AvgIpc) is 3.05. The molecule has 6 aromatic rings. The molecule has 0 spiro atoms. The normalized spacial score (nSPS) is 14.1. The summed E-state index contributed by atoms with van der Waals surface area (Å²) in [5.74, 6) is 0.821. The Labute approximate surface area is 233 Å². The molecule has 1 aliphatic heterocycles. The van der Waals surface area contributed by atoms with Crippen molar-refractivity contribution in [3.05, 3.63) is 163 Å². The van der Waals surface area contributed by atoms with Gasteiger partial charge in [-0.15, -0.1) is 0 Å². The van der Waals surface area contributed by atoms with Gasteiger partial charge in [-0.25, -0.2) is 0 Å². The van der Waals surface area contributed by atoms with Crippen molar-refractivity contribution in [1.29, 1.82) is 0 Å². The van der Waals surface area contributed by atoms with Crippen LogP contribution in [-0.2, 0) is 0 Å². The Balaban J connectivity index is 1.39. The van der Waals surface area contributed by atoms with E-state index in [4.69, 9.17) is 4.99 Å². The van der Waals surface area contributed by atoms with E-state index in [1.165, 1.54) is 5.56 Å². The third-order valence-electron chi connectivity index (χ3n) is 7.21. The van der Waals surface area contributed by atoms with E-state index in [0.717, 1.165) is 56.3 Å². The van der Waals surface area contributed by atoms with E-state index in [9.17, 15) is 0 Å². The maximum atomic E-state index is 5.30. The molecule has 40 heavy (non-hydrogen) atoms. The van der Waals surface area contributed by atoms with E-state index in [2.05, 4.69) is 100 Å². The van der Waals surface area contributed by atoms with Crippen molar-refractivity contribution in [2.45, 2.75) is 6.04 Å². The molecule has 0 saturated carbocycles. The molecule has 2 aromatic heterocycles. The van der Waals surface area contributed by atoms with Gasteiger partial charge in [0, 0.05) is 40.3 Å². The van der Waals surface area contributed by atoms with Crippen molar-refractivity contribution in [3.8, 4) is 33.6 Å². The number of hydrogen-bond acceptors (Lipinski definition) is 4. The minimum Gasteiger partial charge on any atom is -0.340 e. The van der Waals surface area contributed by atoms with Gasteiger partial charge >= 0.3 is 0 Å². The third kappa shape index (κ3) is 4.67. The van der Waals surface area contributed by atoms with Gasteiger partial charge in [0.25, 0.3) is 0 Å². The number of rotatable bonds is 5. The van der Waals surface area contributed by atoms with Crippen LogP contribution in [0.4, 0.5) is 5.69 Å². The Hall–Kier alpha value is -5.35. The van der Waals surface area contributed by atoms with Crippen LogP contribution < -0.4 is 5.32 Å². The van der Waals surface area contributed by atoms with Crippen LogP contribution in [0.5, 0.6) is 0 Å². The Morgan fingerprint density at radius 2 is 1.07 bits per heavy atom. The smallest absolute Gasteiger partial charge is 0.133 e. The highest BCUT2D eigenvalue weighted by atomic mass is 15.0. The van der Waals surface area contributed by atoms with Gasteiger partial charge in [-0.05, 0) is 65.2 Å². The predicted molar refractivity (Wildman–Crippen MR) is 163 cm³/mol. The lowest BCUT2D eigenvalue weighted by Crippen LogP contribution is -2.22. The van der Waals surface area contributed by atoms with Gasteiger partial charge < -0.3 is 5.32 Å². The van der Waals surface area contributed by atoms with E-state index in [1.807, 2.05) is 60.9 Å². The van der Waals surface area contributed by atoms with Crippen molar-refractivity contribution in [2.24, 2.45) is 4.99 Å². The number of fused-ring (bicyclic) bond motifs is 1. The minimum absolute atomic E-state index is 0.130. The second kappa shape index (κ2) is 10.4. The molecule has 0 bridgehead atoms. The van der Waals surface area contributed by atoms with E-state index in [-0.39, 0.29) is 6.04 Å². The number of aromatic nitrogens is 2. The van der Waals surface area contributed by atoms with Crippen LogP contribution in [0.2, 0.25) is 0 Å². The van der Waals surface area contributed by atoms with Crippen molar-refractivity contribution in [2.75, 3.05) is 5.32 Å². The zero-order chi connectivity index (χ0) is 26.7. The van der Waals surface area contributed by atoms with Crippen molar-refractivity contribution >= 4 is 11.5 Å². The van der Waals surface area contributed by atoms with Gasteiger partial charge in [0.15, 0.2) is 0 Å². The number of amidine groups is 1. The molecule has 1 unspecified atom stereocenters. The first-order valence-electron chi connectivity index (χ1n) is 13.4. The van der Waals surface area contributed by atoms with Crippen molar-refractivity contribution in [1.82, 2.24) is 9.97 Å². The van der Waals surface area contributed by atoms with Crippen LogP contribution >= 0.6 is 0 Å². The first-order chi connectivity index (χ1) is 19.8. The molecule has 4 heteroatoms. The van der Waals surface area contributed by atoms with Crippen molar-refractivity contribution in [3.63, 3.8) is 0 Å². The molecule has 0 fully saturated rings. The van der Waals surface area contributed by atoms with E-state index in [0.29, 0.717) is 0 Å². The highest BCUT2D eigenvalue weighted by Gasteiger charge is 2.25. The largest absolute Gasteiger partial charge is 0.340 e. The lowest BCUT2D eigenvalue weighted by molar-refractivity contribution is 0.864. The standard InChI is InChI=1S/C36H26N4/c1-3-11-25(12-4-1)27-17-18-31-34(24-27)39-36(40-35(31)26-13-5-2-6-14-26)30-22-28(32-15-7-9-19-37-32)21-29(23-30)33-16-8-10-20-38-33/h1-24,35H,(H,39,40). The van der Waals surface area contributed by atoms with E-state index >= 15 is 0 Å². The monoisotopic (exact) mass is 514 g/mol. The summed E-state index contributed by atoms with van der Waals surface area (Å²) in [7, 11) is 0. The summed E-state index contributed by atoms with van der Waals surface area (Å²) in [4.78, 5) is 14.6. The zero-order valence-corrected chi connectivity index (χ0v) is 21.8. The summed E-state index contributed by atoms with van der Waals surface area (Å²) in [5, 5.41) is 3.69. The second-order valence-electron chi connectivity index (χ2n) is 9.81. The van der Waals surface area contributed by atoms with E-state index in [1.54, 1.807) is 0 Å². The summed E-state index contributed by atoms with van der Waals surface area (Å²) in [6, 6.07) is 45.9. The van der Waals surface area contributed by atoms with Crippen molar-refractivity contribution < 1.29 is 0 Å². The SMILES string of the molecule is c1ccc(-c2ccc3c(c2)NC(c2cc(-c4ccccn4)cc(-c4ccccn4)c2)=NC3c2ccccc2)cc1. The molecule has 190 valence electrons. The summed E-state index contributed by atoms with van der Waals surface area (Å²) in [5.41, 5.74) is 10.5. The molecule has 0 saturated heterocycles. The first kappa shape index (κ1) is 23.7. The molecule has 3 heterocycles. The fraction of sp³-hybridized carbons (Fsp3) is 0.0278. The second-order valence-corrected chi connectivity index (χ2v) is 9.81. The molecule has 0 aliphatic carbocycles. The van der Waals surface area contributed by atoms with Crippen LogP contribution in [0.1, 0.15) is 22.7 Å². The fourth-order valence-corrected chi connectivity index (χ4v) is 5.23. The topological polar surface area (TPSA) is 50.2 Å². The minimum atomic E-state index is -0.130. The zero-order valence-electron chi connectivity index (χ0n) is 21.8. The molecule has 0 radical (unpaired) electrons. The summed E-state index contributed by atoms with van der Waals surface area (Å²) < 4.78 is 0. The molecule has 1 atom stereocenters. The number of hydrogen-bond donors (Lipinski definition) is 1. The molecule has 1 N–H and O–H groups in total. The van der Waals surface area contributed by atoms with Gasteiger partial charge in [-0.1, -0.05) is 84.9 Å². The van der Waals surface area contributed by atoms with Gasteiger partial charge in [0.05, 0.1) is 11.4 Å². The number of aliphatic imine (C=N–C) groups is 1. The molecule has 0 amide bonds. The first-order valence-corrected chi connectivity index (χ1v) is 13.4. The Bertz CT molecular complexity index is 1740. The van der Waals surface area contributed by atoms with Crippen LogP contribution in [0.3, 0.4) is 0 Å². The molecule has 4 aromatic carbocycles. The third-order valence-corrected chi connectivity index (χ3v) is 7.21. The van der Waals surface area contributed by atoms with Gasteiger partial charge in [0.2, 0.25) is 0 Å². The van der Waals surface area contributed by atoms with Gasteiger partial charge in [-0.3, -0.25) is 15.0 Å². The maximum absolute atomic E-state index is 5.30. The molecule has 7 rings (SSSR count). The molecule has 4 nitrogen and oxygen atoms in total. The number of benzene rings is 4. The average molecular weight is 515 g/mol. The van der Waals surface area contributed by atoms with Gasteiger partial charge in [0.1, 0.15) is 11.9 Å². The van der Waals surface area contributed by atoms with Gasteiger partial charge in [-0.2, -0.15) is 0 Å². The summed E-state index contributed by atoms with van der Waals surface area (Å²) in [6.45, 7) is 0. The summed E-state index contributed by atoms with van der Waals surface area (Å²) in [6.07, 6.45) is 3.65. The van der Waals surface area contributed by atoms with E-state index < -0.39 is 0 Å². The number of anilines is 1. The van der Waals surface area contributed by atoms with Crippen LogP contribution in [0, 0.1) is 0 Å². The Kier molecular flexibility index (Phi) is 6.19. The quantitative estimate of drug-likeness (QED) is 0.251. The fourth-order valence-electron chi connectivity index (χ4n) is 5.23. The maximum Gasteiger partial charge on any atom is 0.133 e. The lowest BCUT2D eigenvalue weighted by Gasteiger charge is -2.27. The highest BCUT2D eigenvalue weighted by Crippen LogP contribution is 2.39. The predicted octanol–water partition coefficient (Wildman–Crippen LogP) is 8.44. The Morgan fingerprint density at radius 3 is 1.70 bits per heavy atom. The highest BCUT2D eigenvalue weighted by molar-refractivity contribution is 6.11. The summed E-state index contributed by atoms with van der Waals surface area (Å²) >= 11 is 0. The lowest BCUT2D eigenvalue weighted by atomic mass is 9.92. The Morgan fingerprint density at radius 1 is 0.475 bits per heavy atom. The molecular formula is C36H26N4. The number of pyridine rings is 2.